The van der Waals surface area contributed by atoms with Crippen molar-refractivity contribution in [2.24, 2.45) is 0 Å². The van der Waals surface area contributed by atoms with Crippen molar-refractivity contribution in [3.63, 3.8) is 0 Å². The van der Waals surface area contributed by atoms with Gasteiger partial charge in [0.15, 0.2) is 0 Å². The zero-order valence-corrected chi connectivity index (χ0v) is 14.5. The first-order valence-electron chi connectivity index (χ1n) is 6.15. The van der Waals surface area contributed by atoms with Gasteiger partial charge in [-0.15, -0.1) is 0 Å². The number of esters is 1. The van der Waals surface area contributed by atoms with E-state index >= 15 is 0 Å². The molecule has 2 N–H and O–H groups in total. The fourth-order valence-electron chi connectivity index (χ4n) is 1.50. The van der Waals surface area contributed by atoms with E-state index in [0.29, 0.717) is 5.69 Å². The first-order valence-corrected chi connectivity index (χ1v) is 7.28. The smallest absolute Gasteiger partial charge is 0.339 e. The third-order valence-electron chi connectivity index (χ3n) is 2.63. The Morgan fingerprint density at radius 3 is 2.32 bits per heavy atom. The average molecular weight is 369 g/mol. The monoisotopic (exact) mass is 367 g/mol. The number of nitrogens with zero attached hydrogens (tertiary/aromatic N) is 1. The van der Waals surface area contributed by atoms with Gasteiger partial charge in [-0.1, -0.05) is 46.9 Å². The van der Waals surface area contributed by atoms with Crippen molar-refractivity contribution < 1.29 is 14.3 Å². The molecule has 1 rings (SSSR count). The number of methoxy groups -OCH3 is 1. The van der Waals surface area contributed by atoms with Gasteiger partial charge < -0.3 is 20.3 Å². The van der Waals surface area contributed by atoms with Gasteiger partial charge in [0.2, 0.25) is 3.79 Å². The maximum absolute atomic E-state index is 11.8. The summed E-state index contributed by atoms with van der Waals surface area (Å²) in [5.74, 6) is -0.551. The third-order valence-corrected chi connectivity index (χ3v) is 3.29. The molecule has 0 fully saturated rings. The molecule has 6 nitrogen and oxygen atoms in total. The lowest BCUT2D eigenvalue weighted by atomic mass is 10.1. The molecule has 0 radical (unpaired) electrons. The standard InChI is InChI=1S/C13H16Cl3N3O3/c1-19(2)12(21)18-11(13(14,15)16)17-9-7-5-4-6-8(9)10(20)22-3/h4-7,11,17H,1-3H3,(H,18,21). The van der Waals surface area contributed by atoms with Crippen molar-refractivity contribution in [1.29, 1.82) is 0 Å². The largest absolute Gasteiger partial charge is 0.465 e. The molecule has 0 aliphatic rings. The first-order chi connectivity index (χ1) is 10.2. The second kappa shape index (κ2) is 7.76. The molecular weight excluding hydrogens is 353 g/mol. The van der Waals surface area contributed by atoms with Gasteiger partial charge in [-0.05, 0) is 12.1 Å². The minimum Gasteiger partial charge on any atom is -0.465 e. The van der Waals surface area contributed by atoms with Crippen LogP contribution in [0.2, 0.25) is 0 Å². The minimum absolute atomic E-state index is 0.253. The van der Waals surface area contributed by atoms with Crippen molar-refractivity contribution in [3.8, 4) is 0 Å². The summed E-state index contributed by atoms with van der Waals surface area (Å²) in [5.41, 5.74) is 0.619. The van der Waals surface area contributed by atoms with Crippen LogP contribution in [-0.4, -0.2) is 48.1 Å². The number of urea groups is 1. The molecule has 2 amide bonds. The number of anilines is 1. The molecule has 1 unspecified atom stereocenters. The number of halogens is 3. The van der Waals surface area contributed by atoms with E-state index in [4.69, 9.17) is 34.8 Å². The number of ether oxygens (including phenoxy) is 1. The number of benzene rings is 1. The summed E-state index contributed by atoms with van der Waals surface area (Å²) in [5, 5.41) is 5.35. The van der Waals surface area contributed by atoms with Crippen LogP contribution in [0, 0.1) is 0 Å². The third kappa shape index (κ3) is 5.12. The molecular formula is C13H16Cl3N3O3. The lowest BCUT2D eigenvalue weighted by Gasteiger charge is -2.29. The lowest BCUT2D eigenvalue weighted by molar-refractivity contribution is 0.0602. The number of nitrogens with one attached hydrogen (secondary N) is 2. The summed E-state index contributed by atoms with van der Waals surface area (Å²) in [6, 6.07) is 6.06. The Hall–Kier alpha value is -1.37. The Bertz CT molecular complexity index is 547. The van der Waals surface area contributed by atoms with Crippen LogP contribution < -0.4 is 10.6 Å². The van der Waals surface area contributed by atoms with Crippen molar-refractivity contribution in [2.45, 2.75) is 9.96 Å². The number of carbonyl (C=O) groups is 2. The van der Waals surface area contributed by atoms with E-state index in [1.54, 1.807) is 38.4 Å². The molecule has 0 spiro atoms. The molecule has 9 heteroatoms. The van der Waals surface area contributed by atoms with Crippen molar-refractivity contribution >= 4 is 52.5 Å². The van der Waals surface area contributed by atoms with Crippen LogP contribution in [0.25, 0.3) is 0 Å². The number of hydrogen-bond acceptors (Lipinski definition) is 4. The molecule has 0 aliphatic carbocycles. The molecule has 1 aromatic carbocycles. The quantitative estimate of drug-likeness (QED) is 0.487. The molecule has 122 valence electrons. The van der Waals surface area contributed by atoms with Crippen molar-refractivity contribution in [2.75, 3.05) is 26.5 Å². The van der Waals surface area contributed by atoms with Crippen LogP contribution in [0.5, 0.6) is 0 Å². The number of rotatable bonds is 4. The molecule has 0 aromatic heterocycles. The number of carbonyl (C=O) groups excluding carboxylic acids is 2. The van der Waals surface area contributed by atoms with E-state index < -0.39 is 22.0 Å². The molecule has 0 bridgehead atoms. The van der Waals surface area contributed by atoms with Crippen LogP contribution in [0.3, 0.4) is 0 Å². The number of amides is 2. The zero-order valence-electron chi connectivity index (χ0n) is 12.2. The molecule has 1 atom stereocenters. The van der Waals surface area contributed by atoms with Crippen LogP contribution in [0.15, 0.2) is 24.3 Å². The average Bonchev–Trinajstić information content (AvgIpc) is 2.45. The van der Waals surface area contributed by atoms with Gasteiger partial charge >= 0.3 is 12.0 Å². The Labute approximate surface area is 143 Å². The molecule has 0 heterocycles. The highest BCUT2D eigenvalue weighted by atomic mass is 35.6. The highest BCUT2D eigenvalue weighted by molar-refractivity contribution is 6.68. The van der Waals surface area contributed by atoms with Gasteiger partial charge in [0, 0.05) is 14.1 Å². The van der Waals surface area contributed by atoms with E-state index in [9.17, 15) is 9.59 Å². The predicted molar refractivity (Wildman–Crippen MR) is 87.7 cm³/mol. The van der Waals surface area contributed by atoms with Gasteiger partial charge in [0.25, 0.3) is 0 Å². The van der Waals surface area contributed by atoms with Gasteiger partial charge in [-0.25, -0.2) is 9.59 Å². The van der Waals surface area contributed by atoms with E-state index in [2.05, 4.69) is 15.4 Å². The lowest BCUT2D eigenvalue weighted by Crippen LogP contribution is -2.52. The SMILES string of the molecule is COC(=O)c1ccccc1NC(NC(=O)N(C)C)C(Cl)(Cl)Cl. The van der Waals surface area contributed by atoms with Crippen molar-refractivity contribution in [1.82, 2.24) is 10.2 Å². The highest BCUT2D eigenvalue weighted by Gasteiger charge is 2.35. The predicted octanol–water partition coefficient (Wildman–Crippen LogP) is 2.85. The zero-order chi connectivity index (χ0) is 16.9. The molecule has 1 aromatic rings. The number of hydrogen-bond donors (Lipinski definition) is 2. The van der Waals surface area contributed by atoms with Crippen molar-refractivity contribution in [3.05, 3.63) is 29.8 Å². The van der Waals surface area contributed by atoms with E-state index in [-0.39, 0.29) is 5.56 Å². The van der Waals surface area contributed by atoms with Gasteiger partial charge in [0.05, 0.1) is 18.4 Å². The summed E-state index contributed by atoms with van der Waals surface area (Å²) in [7, 11) is 4.36. The summed E-state index contributed by atoms with van der Waals surface area (Å²) in [6.45, 7) is 0. The fraction of sp³-hybridized carbons (Fsp3) is 0.385. The normalized spacial score (nSPS) is 12.3. The molecule has 22 heavy (non-hydrogen) atoms. The van der Waals surface area contributed by atoms with Gasteiger partial charge in [-0.3, -0.25) is 0 Å². The van der Waals surface area contributed by atoms with Gasteiger partial charge in [-0.2, -0.15) is 0 Å². The number of para-hydroxylation sites is 1. The van der Waals surface area contributed by atoms with E-state index in [1.807, 2.05) is 0 Å². The maximum Gasteiger partial charge on any atom is 0.339 e. The summed E-state index contributed by atoms with van der Waals surface area (Å²) >= 11 is 17.6. The minimum atomic E-state index is -1.84. The van der Waals surface area contributed by atoms with Crippen LogP contribution in [-0.2, 0) is 4.74 Å². The molecule has 0 saturated heterocycles. The fourth-order valence-corrected chi connectivity index (χ4v) is 1.83. The first kappa shape index (κ1) is 18.7. The Morgan fingerprint density at radius 2 is 1.82 bits per heavy atom. The maximum atomic E-state index is 11.8. The molecule has 0 aliphatic heterocycles. The van der Waals surface area contributed by atoms with E-state index in [0.717, 1.165) is 0 Å². The topological polar surface area (TPSA) is 70.7 Å². The van der Waals surface area contributed by atoms with Crippen LogP contribution >= 0.6 is 34.8 Å². The second-order valence-corrected chi connectivity index (χ2v) is 6.87. The Balaban J connectivity index is 3.05. The van der Waals surface area contributed by atoms with E-state index in [1.165, 1.54) is 12.0 Å². The summed E-state index contributed by atoms with van der Waals surface area (Å²) in [4.78, 5) is 24.8. The highest BCUT2D eigenvalue weighted by Crippen LogP contribution is 2.32. The Kier molecular flexibility index (Phi) is 6.59. The van der Waals surface area contributed by atoms with Gasteiger partial charge in [0.1, 0.15) is 6.17 Å². The Morgan fingerprint density at radius 1 is 1.23 bits per heavy atom. The van der Waals surface area contributed by atoms with Crippen LogP contribution in [0.4, 0.5) is 10.5 Å². The summed E-state index contributed by atoms with van der Waals surface area (Å²) in [6.07, 6.45) is -1.06. The van der Waals surface area contributed by atoms with Crippen LogP contribution in [0.1, 0.15) is 10.4 Å². The number of alkyl halides is 3. The second-order valence-electron chi connectivity index (χ2n) is 4.50. The molecule has 0 saturated carbocycles. The summed E-state index contributed by atoms with van der Waals surface area (Å²) < 4.78 is 2.85.